The van der Waals surface area contributed by atoms with E-state index in [2.05, 4.69) is 49.6 Å². The Hall–Kier alpha value is -2.40. The van der Waals surface area contributed by atoms with E-state index in [0.717, 1.165) is 55.5 Å². The van der Waals surface area contributed by atoms with Gasteiger partial charge in [0.2, 0.25) is 0 Å². The summed E-state index contributed by atoms with van der Waals surface area (Å²) in [4.78, 5) is 24.4. The topological polar surface area (TPSA) is 39.7 Å². The van der Waals surface area contributed by atoms with Gasteiger partial charge in [0.15, 0.2) is 0 Å². The van der Waals surface area contributed by atoms with Crippen LogP contribution >= 0.6 is 0 Å². The smallest absolute Gasteiger partial charge is 0.261 e. The van der Waals surface area contributed by atoms with Crippen molar-refractivity contribution in [1.82, 2.24) is 9.88 Å². The average Bonchev–Trinajstić information content (AvgIpc) is 2.75. The normalized spacial score (nSPS) is 13.6. The van der Waals surface area contributed by atoms with E-state index >= 15 is 0 Å². The highest BCUT2D eigenvalue weighted by molar-refractivity contribution is 6.13. The maximum absolute atomic E-state index is 13.2. The lowest BCUT2D eigenvalue weighted by molar-refractivity contribution is 0.0994. The highest BCUT2D eigenvalue weighted by Crippen LogP contribution is 2.40. The summed E-state index contributed by atoms with van der Waals surface area (Å²) in [7, 11) is 1.86. The SMILES string of the molecule is CCN(CC)CCCN1c2cc(C)c(C)cc2N(C)C(=O)c2ccc(C)nc21. The summed E-state index contributed by atoms with van der Waals surface area (Å²) in [6.45, 7) is 14.6. The molecule has 0 unspecified atom stereocenters. The van der Waals surface area contributed by atoms with Gasteiger partial charge >= 0.3 is 0 Å². The van der Waals surface area contributed by atoms with E-state index in [1.807, 2.05) is 26.1 Å². The number of rotatable bonds is 6. The van der Waals surface area contributed by atoms with Crippen LogP contribution in [0.25, 0.3) is 0 Å². The lowest BCUT2D eigenvalue weighted by atomic mass is 10.1. The molecule has 0 radical (unpaired) electrons. The first-order valence-electron chi connectivity index (χ1n) is 10.2. The van der Waals surface area contributed by atoms with Crippen LogP contribution in [0.5, 0.6) is 0 Å². The summed E-state index contributed by atoms with van der Waals surface area (Å²) < 4.78 is 0. The Balaban J connectivity index is 2.09. The van der Waals surface area contributed by atoms with Crippen LogP contribution in [0.4, 0.5) is 17.2 Å². The molecule has 1 aliphatic rings. The largest absolute Gasteiger partial charge is 0.324 e. The van der Waals surface area contributed by atoms with Gasteiger partial charge in [-0.25, -0.2) is 4.98 Å². The standard InChI is InChI=1S/C23H32N4O/c1-7-26(8-2)12-9-13-27-21-15-17(4)16(3)14-20(21)25(6)23(28)19-11-10-18(5)24-22(19)27/h10-11,14-15H,7-9,12-13H2,1-6H3. The van der Waals surface area contributed by atoms with E-state index in [9.17, 15) is 4.79 Å². The van der Waals surface area contributed by atoms with Gasteiger partial charge in [0, 0.05) is 19.3 Å². The lowest BCUT2D eigenvalue weighted by Gasteiger charge is -2.28. The zero-order chi connectivity index (χ0) is 20.4. The van der Waals surface area contributed by atoms with Crippen molar-refractivity contribution < 1.29 is 4.79 Å². The number of nitrogens with zero attached hydrogens (tertiary/aromatic N) is 4. The highest BCUT2D eigenvalue weighted by Gasteiger charge is 2.30. The first-order chi connectivity index (χ1) is 13.4. The number of carbonyl (C=O) groups excluding carboxylic acids is 1. The fourth-order valence-electron chi connectivity index (χ4n) is 3.81. The van der Waals surface area contributed by atoms with Gasteiger partial charge in [0.1, 0.15) is 5.82 Å². The molecule has 0 fully saturated rings. The van der Waals surface area contributed by atoms with Crippen molar-refractivity contribution in [2.45, 2.75) is 41.0 Å². The minimum absolute atomic E-state index is 0.00162. The number of aryl methyl sites for hydroxylation is 3. The molecule has 2 aromatic rings. The van der Waals surface area contributed by atoms with E-state index < -0.39 is 0 Å². The number of hydrogen-bond acceptors (Lipinski definition) is 4. The van der Waals surface area contributed by atoms with E-state index in [4.69, 9.17) is 4.98 Å². The monoisotopic (exact) mass is 380 g/mol. The molecule has 0 spiro atoms. The molecular formula is C23H32N4O. The second-order valence-corrected chi connectivity index (χ2v) is 7.65. The predicted molar refractivity (Wildman–Crippen MR) is 117 cm³/mol. The summed E-state index contributed by atoms with van der Waals surface area (Å²) in [6.07, 6.45) is 1.01. The van der Waals surface area contributed by atoms with Crippen LogP contribution in [0.2, 0.25) is 0 Å². The molecular weight excluding hydrogens is 348 g/mol. The number of amides is 1. The van der Waals surface area contributed by atoms with Crippen molar-refractivity contribution in [2.75, 3.05) is 43.0 Å². The first kappa shape index (κ1) is 20.3. The van der Waals surface area contributed by atoms with Crippen LogP contribution in [0.15, 0.2) is 24.3 Å². The van der Waals surface area contributed by atoms with E-state index in [1.54, 1.807) is 4.90 Å². The molecule has 1 aromatic carbocycles. The second kappa shape index (κ2) is 8.31. The molecule has 0 aliphatic carbocycles. The number of hydrogen-bond donors (Lipinski definition) is 0. The summed E-state index contributed by atoms with van der Waals surface area (Å²) in [6, 6.07) is 8.16. The zero-order valence-corrected chi connectivity index (χ0v) is 18.0. The molecule has 3 rings (SSSR count). The molecule has 0 bridgehead atoms. The molecule has 28 heavy (non-hydrogen) atoms. The molecule has 2 heterocycles. The Morgan fingerprint density at radius 2 is 1.64 bits per heavy atom. The Morgan fingerprint density at radius 3 is 2.29 bits per heavy atom. The number of benzene rings is 1. The lowest BCUT2D eigenvalue weighted by Crippen LogP contribution is -2.28. The van der Waals surface area contributed by atoms with Gasteiger partial charge in [-0.15, -0.1) is 0 Å². The van der Waals surface area contributed by atoms with Crippen molar-refractivity contribution in [1.29, 1.82) is 0 Å². The molecule has 1 aromatic heterocycles. The Labute approximate surface area is 169 Å². The summed E-state index contributed by atoms with van der Waals surface area (Å²) in [5.74, 6) is 0.775. The average molecular weight is 381 g/mol. The molecule has 0 N–H and O–H groups in total. The minimum Gasteiger partial charge on any atom is -0.324 e. The van der Waals surface area contributed by atoms with Gasteiger partial charge in [-0.3, -0.25) is 4.79 Å². The van der Waals surface area contributed by atoms with Crippen molar-refractivity contribution >= 4 is 23.1 Å². The third-order valence-electron chi connectivity index (χ3n) is 5.80. The van der Waals surface area contributed by atoms with Crippen molar-refractivity contribution in [3.63, 3.8) is 0 Å². The first-order valence-corrected chi connectivity index (χ1v) is 10.2. The van der Waals surface area contributed by atoms with Crippen LogP contribution in [0, 0.1) is 20.8 Å². The van der Waals surface area contributed by atoms with E-state index in [-0.39, 0.29) is 5.91 Å². The number of pyridine rings is 1. The third-order valence-corrected chi connectivity index (χ3v) is 5.80. The minimum atomic E-state index is -0.00162. The number of fused-ring (bicyclic) bond motifs is 2. The van der Waals surface area contributed by atoms with Gasteiger partial charge in [-0.2, -0.15) is 0 Å². The summed E-state index contributed by atoms with van der Waals surface area (Å²) >= 11 is 0. The maximum Gasteiger partial charge on any atom is 0.261 e. The van der Waals surface area contributed by atoms with Gasteiger partial charge in [0.25, 0.3) is 5.91 Å². The number of anilines is 3. The maximum atomic E-state index is 13.2. The van der Waals surface area contributed by atoms with E-state index in [1.165, 1.54) is 11.1 Å². The van der Waals surface area contributed by atoms with Gasteiger partial charge < -0.3 is 14.7 Å². The van der Waals surface area contributed by atoms with Crippen molar-refractivity contribution in [3.05, 3.63) is 46.6 Å². The highest BCUT2D eigenvalue weighted by atomic mass is 16.2. The molecule has 1 amide bonds. The van der Waals surface area contributed by atoms with Gasteiger partial charge in [-0.1, -0.05) is 13.8 Å². The fraction of sp³-hybridized carbons (Fsp3) is 0.478. The predicted octanol–water partition coefficient (Wildman–Crippen LogP) is 4.47. The van der Waals surface area contributed by atoms with Crippen LogP contribution in [-0.4, -0.2) is 49.0 Å². The molecule has 0 atom stereocenters. The van der Waals surface area contributed by atoms with Crippen LogP contribution in [0.1, 0.15) is 47.4 Å². The van der Waals surface area contributed by atoms with Crippen LogP contribution in [-0.2, 0) is 0 Å². The quantitative estimate of drug-likeness (QED) is 0.741. The molecule has 0 saturated carbocycles. The Morgan fingerprint density at radius 1 is 1.00 bits per heavy atom. The number of aromatic nitrogens is 1. The van der Waals surface area contributed by atoms with Gasteiger partial charge in [-0.05, 0) is 82.2 Å². The Bertz CT molecular complexity index is 873. The third kappa shape index (κ3) is 3.76. The Kier molecular flexibility index (Phi) is 6.04. The zero-order valence-electron chi connectivity index (χ0n) is 18.0. The van der Waals surface area contributed by atoms with Crippen LogP contribution in [0.3, 0.4) is 0 Å². The van der Waals surface area contributed by atoms with Crippen molar-refractivity contribution in [3.8, 4) is 0 Å². The molecule has 1 aliphatic heterocycles. The second-order valence-electron chi connectivity index (χ2n) is 7.65. The molecule has 150 valence electrons. The van der Waals surface area contributed by atoms with E-state index in [0.29, 0.717) is 5.56 Å². The number of carbonyl (C=O) groups is 1. The summed E-state index contributed by atoms with van der Waals surface area (Å²) in [5.41, 5.74) is 6.03. The summed E-state index contributed by atoms with van der Waals surface area (Å²) in [5, 5.41) is 0. The molecule has 5 heteroatoms. The fourth-order valence-corrected chi connectivity index (χ4v) is 3.81. The van der Waals surface area contributed by atoms with Gasteiger partial charge in [0.05, 0.1) is 16.9 Å². The van der Waals surface area contributed by atoms with Crippen molar-refractivity contribution in [2.24, 2.45) is 0 Å². The van der Waals surface area contributed by atoms with Crippen LogP contribution < -0.4 is 9.80 Å². The molecule has 5 nitrogen and oxygen atoms in total. The molecule has 0 saturated heterocycles.